The topological polar surface area (TPSA) is 85.5 Å². The van der Waals surface area contributed by atoms with Gasteiger partial charge in [0.1, 0.15) is 0 Å². The molecule has 0 aliphatic heterocycles. The Hall–Kier alpha value is -3.48. The molecule has 0 radical (unpaired) electrons. The summed E-state index contributed by atoms with van der Waals surface area (Å²) in [6.45, 7) is 4.06. The average molecular weight is 393 g/mol. The zero-order valence-corrected chi connectivity index (χ0v) is 16.5. The highest BCUT2D eigenvalue weighted by atomic mass is 16.5. The van der Waals surface area contributed by atoms with E-state index in [1.165, 1.54) is 0 Å². The summed E-state index contributed by atoms with van der Waals surface area (Å²) in [5, 5.41) is 3.94. The van der Waals surface area contributed by atoms with Crippen molar-refractivity contribution in [2.45, 2.75) is 26.7 Å². The van der Waals surface area contributed by atoms with Gasteiger partial charge in [0, 0.05) is 24.2 Å². The van der Waals surface area contributed by atoms with Gasteiger partial charge in [-0.15, -0.1) is 0 Å². The van der Waals surface area contributed by atoms with Gasteiger partial charge in [-0.3, -0.25) is 9.59 Å². The van der Waals surface area contributed by atoms with E-state index in [2.05, 4.69) is 10.1 Å². The Labute approximate surface area is 169 Å². The zero-order valence-electron chi connectivity index (χ0n) is 16.5. The van der Waals surface area contributed by atoms with Crippen LogP contribution in [-0.4, -0.2) is 35.2 Å². The summed E-state index contributed by atoms with van der Waals surface area (Å²) in [6, 6.07) is 17.0. The smallest absolute Gasteiger partial charge is 0.306 e. The average Bonchev–Trinajstić information content (AvgIpc) is 3.21. The molecule has 0 spiro atoms. The molecule has 7 heteroatoms. The number of hydrogen-bond donors (Lipinski definition) is 0. The van der Waals surface area contributed by atoms with Gasteiger partial charge in [0.15, 0.2) is 6.61 Å². The van der Waals surface area contributed by atoms with E-state index in [-0.39, 0.29) is 25.4 Å². The predicted molar refractivity (Wildman–Crippen MR) is 108 cm³/mol. The summed E-state index contributed by atoms with van der Waals surface area (Å²) < 4.78 is 10.3. The SMILES string of the molecule is CCN(C(=O)COC(=O)CCc1nc(-c2ccc(C)cc2)no1)c1ccccc1. The van der Waals surface area contributed by atoms with Crippen molar-refractivity contribution in [3.63, 3.8) is 0 Å². The lowest BCUT2D eigenvalue weighted by Gasteiger charge is -2.20. The highest BCUT2D eigenvalue weighted by molar-refractivity contribution is 5.95. The Bertz CT molecular complexity index is 952. The quantitative estimate of drug-likeness (QED) is 0.544. The lowest BCUT2D eigenvalue weighted by atomic mass is 10.1. The number of para-hydroxylation sites is 1. The fourth-order valence-electron chi connectivity index (χ4n) is 2.79. The van der Waals surface area contributed by atoms with Crippen molar-refractivity contribution >= 4 is 17.6 Å². The Morgan fingerprint density at radius 3 is 2.48 bits per heavy atom. The largest absolute Gasteiger partial charge is 0.456 e. The van der Waals surface area contributed by atoms with Crippen LogP contribution in [0.3, 0.4) is 0 Å². The van der Waals surface area contributed by atoms with Crippen LogP contribution in [0.25, 0.3) is 11.4 Å². The summed E-state index contributed by atoms with van der Waals surface area (Å²) in [7, 11) is 0. The molecule has 1 amide bonds. The monoisotopic (exact) mass is 393 g/mol. The van der Waals surface area contributed by atoms with Crippen molar-refractivity contribution < 1.29 is 18.8 Å². The van der Waals surface area contributed by atoms with Crippen LogP contribution in [0.15, 0.2) is 59.1 Å². The molecule has 0 aliphatic carbocycles. The van der Waals surface area contributed by atoms with Crippen LogP contribution in [0, 0.1) is 6.92 Å². The minimum atomic E-state index is -0.488. The number of esters is 1. The van der Waals surface area contributed by atoms with Crippen molar-refractivity contribution in [1.29, 1.82) is 0 Å². The first-order valence-electron chi connectivity index (χ1n) is 9.47. The number of aryl methyl sites for hydroxylation is 2. The van der Waals surface area contributed by atoms with Crippen molar-refractivity contribution in [3.8, 4) is 11.4 Å². The molecule has 0 saturated carbocycles. The molecule has 0 atom stereocenters. The summed E-state index contributed by atoms with van der Waals surface area (Å²) in [5.74, 6) is 0.0670. The number of carbonyl (C=O) groups excluding carboxylic acids is 2. The third-order valence-electron chi connectivity index (χ3n) is 4.36. The first-order chi connectivity index (χ1) is 14.1. The molecule has 0 fully saturated rings. The maximum atomic E-state index is 12.3. The molecule has 0 bridgehead atoms. The third kappa shape index (κ3) is 5.51. The number of hydrogen-bond acceptors (Lipinski definition) is 6. The van der Waals surface area contributed by atoms with E-state index < -0.39 is 5.97 Å². The number of amides is 1. The lowest BCUT2D eigenvalue weighted by Crippen LogP contribution is -2.34. The molecule has 29 heavy (non-hydrogen) atoms. The molecule has 0 aliphatic rings. The van der Waals surface area contributed by atoms with Crippen LogP contribution in [0.4, 0.5) is 5.69 Å². The van der Waals surface area contributed by atoms with Crippen LogP contribution >= 0.6 is 0 Å². The number of aromatic nitrogens is 2. The van der Waals surface area contributed by atoms with E-state index in [4.69, 9.17) is 9.26 Å². The Balaban J connectivity index is 1.47. The van der Waals surface area contributed by atoms with Crippen LogP contribution in [0.5, 0.6) is 0 Å². The number of anilines is 1. The van der Waals surface area contributed by atoms with Crippen LogP contribution in [-0.2, 0) is 20.7 Å². The second kappa shape index (κ2) is 9.64. The van der Waals surface area contributed by atoms with Gasteiger partial charge in [-0.2, -0.15) is 4.98 Å². The van der Waals surface area contributed by atoms with E-state index in [0.717, 1.165) is 16.8 Å². The standard InChI is InChI=1S/C22H23N3O4/c1-3-25(18-7-5-4-6-8-18)20(26)15-28-21(27)14-13-19-23-22(24-29-19)17-11-9-16(2)10-12-17/h4-12H,3,13-15H2,1-2H3. The molecule has 3 rings (SSSR count). The molecule has 2 aromatic carbocycles. The first-order valence-corrected chi connectivity index (χ1v) is 9.47. The number of ether oxygens (including phenoxy) is 1. The minimum Gasteiger partial charge on any atom is -0.456 e. The molecule has 7 nitrogen and oxygen atoms in total. The van der Waals surface area contributed by atoms with E-state index in [1.807, 2.05) is 68.4 Å². The number of likely N-dealkylation sites (N-methyl/N-ethyl adjacent to an activating group) is 1. The molecule has 0 unspecified atom stereocenters. The molecule has 150 valence electrons. The van der Waals surface area contributed by atoms with Gasteiger partial charge in [-0.25, -0.2) is 0 Å². The first kappa shape index (κ1) is 20.3. The van der Waals surface area contributed by atoms with Gasteiger partial charge in [0.2, 0.25) is 11.7 Å². The second-order valence-electron chi connectivity index (χ2n) is 6.51. The second-order valence-corrected chi connectivity index (χ2v) is 6.51. The van der Waals surface area contributed by atoms with E-state index in [0.29, 0.717) is 18.3 Å². The number of carbonyl (C=O) groups is 2. The Morgan fingerprint density at radius 2 is 1.79 bits per heavy atom. The van der Waals surface area contributed by atoms with Crippen LogP contribution in [0.1, 0.15) is 24.8 Å². The molecule has 0 saturated heterocycles. The van der Waals surface area contributed by atoms with E-state index >= 15 is 0 Å². The third-order valence-corrected chi connectivity index (χ3v) is 4.36. The highest BCUT2D eigenvalue weighted by Gasteiger charge is 2.17. The number of benzene rings is 2. The summed E-state index contributed by atoms with van der Waals surface area (Å²) in [5.41, 5.74) is 2.76. The lowest BCUT2D eigenvalue weighted by molar-refractivity contribution is -0.147. The van der Waals surface area contributed by atoms with Crippen LogP contribution in [0.2, 0.25) is 0 Å². The molecular weight excluding hydrogens is 370 g/mol. The van der Waals surface area contributed by atoms with Gasteiger partial charge in [0.05, 0.1) is 6.42 Å². The summed E-state index contributed by atoms with van der Waals surface area (Å²) in [4.78, 5) is 30.2. The maximum Gasteiger partial charge on any atom is 0.306 e. The number of nitrogens with zero attached hydrogens (tertiary/aromatic N) is 3. The summed E-state index contributed by atoms with van der Waals surface area (Å²) in [6.07, 6.45) is 0.308. The maximum absolute atomic E-state index is 12.3. The zero-order chi connectivity index (χ0) is 20.6. The summed E-state index contributed by atoms with van der Waals surface area (Å²) >= 11 is 0. The Morgan fingerprint density at radius 1 is 1.07 bits per heavy atom. The molecule has 1 aromatic heterocycles. The van der Waals surface area contributed by atoms with E-state index in [1.54, 1.807) is 4.90 Å². The van der Waals surface area contributed by atoms with Crippen LogP contribution < -0.4 is 4.90 Å². The highest BCUT2D eigenvalue weighted by Crippen LogP contribution is 2.17. The van der Waals surface area contributed by atoms with Crippen molar-refractivity contribution in [1.82, 2.24) is 10.1 Å². The molecule has 3 aromatic rings. The fraction of sp³-hybridized carbons (Fsp3) is 0.273. The van der Waals surface area contributed by atoms with Gasteiger partial charge in [-0.05, 0) is 26.0 Å². The van der Waals surface area contributed by atoms with Gasteiger partial charge in [-0.1, -0.05) is 53.2 Å². The van der Waals surface area contributed by atoms with Gasteiger partial charge in [0.25, 0.3) is 5.91 Å². The van der Waals surface area contributed by atoms with Crippen molar-refractivity contribution in [2.75, 3.05) is 18.1 Å². The van der Waals surface area contributed by atoms with Gasteiger partial charge < -0.3 is 14.2 Å². The predicted octanol–water partition coefficient (Wildman–Crippen LogP) is 3.57. The normalized spacial score (nSPS) is 10.6. The molecule has 0 N–H and O–H groups in total. The minimum absolute atomic E-state index is 0.0558. The van der Waals surface area contributed by atoms with Crippen molar-refractivity contribution in [2.24, 2.45) is 0 Å². The van der Waals surface area contributed by atoms with Crippen molar-refractivity contribution in [3.05, 3.63) is 66.1 Å². The van der Waals surface area contributed by atoms with Gasteiger partial charge >= 0.3 is 5.97 Å². The Kier molecular flexibility index (Phi) is 6.73. The number of rotatable bonds is 8. The molecule has 1 heterocycles. The van der Waals surface area contributed by atoms with E-state index in [9.17, 15) is 9.59 Å². The fourth-order valence-corrected chi connectivity index (χ4v) is 2.79. The molecular formula is C22H23N3O4.